The average molecular weight is 300 g/mol. The Morgan fingerprint density at radius 3 is 2.33 bits per heavy atom. The van der Waals surface area contributed by atoms with Gasteiger partial charge in [0.25, 0.3) is 0 Å². The number of hydrogen-bond donors (Lipinski definition) is 1. The van der Waals surface area contributed by atoms with Crippen LogP contribution in [0.4, 0.5) is 0 Å². The zero-order valence-corrected chi connectivity index (χ0v) is 14.3. The van der Waals surface area contributed by atoms with Gasteiger partial charge < -0.3 is 14.3 Å². The summed E-state index contributed by atoms with van der Waals surface area (Å²) in [5, 5.41) is 8.91. The van der Waals surface area contributed by atoms with Crippen LogP contribution in [0.15, 0.2) is 12.3 Å². The molecule has 0 aliphatic carbocycles. The molecule has 0 aliphatic rings. The first-order valence-electron chi connectivity index (χ1n) is 8.18. The van der Waals surface area contributed by atoms with Gasteiger partial charge in [0.2, 0.25) is 0 Å². The summed E-state index contributed by atoms with van der Waals surface area (Å²) in [6, 6.07) is 0. The molecule has 1 N–H and O–H groups in total. The summed E-state index contributed by atoms with van der Waals surface area (Å²) in [6.07, 6.45) is 12.2. The van der Waals surface area contributed by atoms with Gasteiger partial charge in [-0.05, 0) is 18.9 Å². The second-order valence-electron chi connectivity index (χ2n) is 6.76. The number of aliphatic carboxylic acids is 1. The highest BCUT2D eigenvalue weighted by Gasteiger charge is 2.21. The highest BCUT2D eigenvalue weighted by molar-refractivity contribution is 5.67. The molecule has 1 unspecified atom stereocenters. The predicted molar refractivity (Wildman–Crippen MR) is 87.2 cm³/mol. The first-order chi connectivity index (χ1) is 9.85. The normalized spacial score (nSPS) is 13.5. The van der Waals surface area contributed by atoms with E-state index < -0.39 is 5.97 Å². The van der Waals surface area contributed by atoms with Gasteiger partial charge in [0.15, 0.2) is 6.10 Å². The van der Waals surface area contributed by atoms with Crippen LogP contribution in [0.2, 0.25) is 0 Å². The van der Waals surface area contributed by atoms with E-state index in [0.717, 1.165) is 6.42 Å². The van der Waals surface area contributed by atoms with E-state index in [9.17, 15) is 4.79 Å². The zero-order chi connectivity index (χ0) is 16.1. The lowest BCUT2D eigenvalue weighted by atomic mass is 10.1. The monoisotopic (exact) mass is 300 g/mol. The van der Waals surface area contributed by atoms with Gasteiger partial charge >= 0.3 is 5.97 Å². The van der Waals surface area contributed by atoms with Gasteiger partial charge in [-0.15, -0.1) is 0 Å². The van der Waals surface area contributed by atoms with Crippen molar-refractivity contribution in [2.24, 2.45) is 0 Å². The summed E-state index contributed by atoms with van der Waals surface area (Å²) in [6.45, 7) is 2.91. The number of hydrogen-bond acceptors (Lipinski definition) is 2. The molecule has 0 saturated carbocycles. The van der Waals surface area contributed by atoms with Crippen molar-refractivity contribution in [2.75, 3.05) is 27.7 Å². The highest BCUT2D eigenvalue weighted by atomic mass is 16.5. The van der Waals surface area contributed by atoms with Gasteiger partial charge in [0, 0.05) is 0 Å². The highest BCUT2D eigenvalue weighted by Crippen LogP contribution is 2.09. The SMILES string of the molecule is CCCCCCCCC=COC(CC(=O)O)C[N+](C)(C)C. The first-order valence-corrected chi connectivity index (χ1v) is 8.18. The Labute approximate surface area is 130 Å². The molecule has 1 atom stereocenters. The van der Waals surface area contributed by atoms with E-state index in [1.165, 1.54) is 38.5 Å². The Morgan fingerprint density at radius 2 is 1.76 bits per heavy atom. The molecule has 0 fully saturated rings. The molecular formula is C17H34NO3+. The summed E-state index contributed by atoms with van der Waals surface area (Å²) < 4.78 is 6.29. The van der Waals surface area contributed by atoms with Gasteiger partial charge in [0.1, 0.15) is 6.54 Å². The third-order valence-electron chi connectivity index (χ3n) is 3.25. The third kappa shape index (κ3) is 15.2. The fourth-order valence-corrected chi connectivity index (χ4v) is 2.24. The summed E-state index contributed by atoms with van der Waals surface area (Å²) in [5.74, 6) is -0.808. The molecule has 0 saturated heterocycles. The smallest absolute Gasteiger partial charge is 0.307 e. The molecule has 0 rings (SSSR count). The number of unbranched alkanes of at least 4 members (excludes halogenated alkanes) is 6. The van der Waals surface area contributed by atoms with Gasteiger partial charge in [-0.25, -0.2) is 0 Å². The van der Waals surface area contributed by atoms with Crippen LogP contribution in [0.25, 0.3) is 0 Å². The van der Waals surface area contributed by atoms with Crippen LogP contribution in [0, 0.1) is 0 Å². The number of likely N-dealkylation sites (N-methyl/N-ethyl adjacent to an activating group) is 1. The minimum absolute atomic E-state index is 0.0525. The van der Waals surface area contributed by atoms with Gasteiger partial charge in [0.05, 0.1) is 33.8 Å². The van der Waals surface area contributed by atoms with Crippen LogP contribution < -0.4 is 0 Å². The topological polar surface area (TPSA) is 46.5 Å². The molecule has 4 nitrogen and oxygen atoms in total. The largest absolute Gasteiger partial charge is 0.492 e. The van der Waals surface area contributed by atoms with E-state index in [4.69, 9.17) is 9.84 Å². The molecule has 0 aromatic rings. The van der Waals surface area contributed by atoms with Crippen molar-refractivity contribution in [3.8, 4) is 0 Å². The molecule has 0 aromatic carbocycles. The fourth-order valence-electron chi connectivity index (χ4n) is 2.24. The number of carbonyl (C=O) groups is 1. The summed E-state index contributed by atoms with van der Waals surface area (Å²) in [4.78, 5) is 10.8. The number of ether oxygens (including phenoxy) is 1. The number of carboxylic acids is 1. The van der Waals surface area contributed by atoms with E-state index in [2.05, 4.69) is 6.92 Å². The van der Waals surface area contributed by atoms with Crippen molar-refractivity contribution in [1.29, 1.82) is 0 Å². The molecule has 0 amide bonds. The number of carboxylic acid groups (broad SMARTS) is 1. The average Bonchev–Trinajstić information content (AvgIpc) is 2.34. The van der Waals surface area contributed by atoms with Crippen molar-refractivity contribution in [3.63, 3.8) is 0 Å². The fraction of sp³-hybridized carbons (Fsp3) is 0.824. The second-order valence-corrected chi connectivity index (χ2v) is 6.76. The molecule has 0 aliphatic heterocycles. The predicted octanol–water partition coefficient (Wildman–Crippen LogP) is 3.82. The van der Waals surface area contributed by atoms with Crippen molar-refractivity contribution in [2.45, 2.75) is 64.4 Å². The Kier molecular flexibility index (Phi) is 11.0. The minimum atomic E-state index is -0.808. The maximum Gasteiger partial charge on any atom is 0.307 e. The van der Waals surface area contributed by atoms with Gasteiger partial charge in [-0.1, -0.05) is 39.0 Å². The van der Waals surface area contributed by atoms with E-state index >= 15 is 0 Å². The first kappa shape index (κ1) is 20.0. The molecule has 0 spiro atoms. The molecule has 0 heterocycles. The third-order valence-corrected chi connectivity index (χ3v) is 3.25. The van der Waals surface area contributed by atoms with E-state index in [1.54, 1.807) is 6.26 Å². The van der Waals surface area contributed by atoms with E-state index in [0.29, 0.717) is 11.0 Å². The molecular weight excluding hydrogens is 266 g/mol. The quantitative estimate of drug-likeness (QED) is 0.319. The number of allylic oxidation sites excluding steroid dienone is 1. The van der Waals surface area contributed by atoms with Crippen molar-refractivity contribution in [3.05, 3.63) is 12.3 Å². The van der Waals surface area contributed by atoms with Crippen LogP contribution in [0.1, 0.15) is 58.3 Å². The number of quaternary nitrogens is 1. The Morgan fingerprint density at radius 1 is 1.14 bits per heavy atom. The molecule has 0 radical (unpaired) electrons. The van der Waals surface area contributed by atoms with Gasteiger partial charge in [-0.3, -0.25) is 4.79 Å². The van der Waals surface area contributed by atoms with Crippen molar-refractivity contribution >= 4 is 5.97 Å². The van der Waals surface area contributed by atoms with Crippen molar-refractivity contribution < 1.29 is 19.1 Å². The summed E-state index contributed by atoms with van der Waals surface area (Å²) >= 11 is 0. The molecule has 4 heteroatoms. The second kappa shape index (κ2) is 11.6. The lowest BCUT2D eigenvalue weighted by molar-refractivity contribution is -0.873. The molecule has 0 aromatic heterocycles. The van der Waals surface area contributed by atoms with Crippen LogP contribution in [-0.2, 0) is 9.53 Å². The van der Waals surface area contributed by atoms with Crippen LogP contribution in [0.3, 0.4) is 0 Å². The molecule has 0 bridgehead atoms. The van der Waals surface area contributed by atoms with Crippen LogP contribution in [-0.4, -0.2) is 49.4 Å². The Balaban J connectivity index is 3.84. The lowest BCUT2D eigenvalue weighted by Crippen LogP contribution is -2.42. The summed E-state index contributed by atoms with van der Waals surface area (Å²) in [5.41, 5.74) is 0. The molecule has 124 valence electrons. The van der Waals surface area contributed by atoms with E-state index in [-0.39, 0.29) is 12.5 Å². The maximum atomic E-state index is 10.8. The van der Waals surface area contributed by atoms with Crippen LogP contribution in [0.5, 0.6) is 0 Å². The zero-order valence-electron chi connectivity index (χ0n) is 14.3. The van der Waals surface area contributed by atoms with Crippen LogP contribution >= 0.6 is 0 Å². The lowest BCUT2D eigenvalue weighted by Gasteiger charge is -2.28. The Bertz CT molecular complexity index is 295. The Hall–Kier alpha value is -1.03. The van der Waals surface area contributed by atoms with Gasteiger partial charge in [-0.2, -0.15) is 0 Å². The standard InChI is InChI=1S/C17H33NO3/c1-5-6-7-8-9-10-11-12-13-21-16(14-17(19)20)15-18(2,3)4/h12-13,16H,5-11,14-15H2,1-4H3/p+1. The summed E-state index contributed by atoms with van der Waals surface area (Å²) in [7, 11) is 6.12. The van der Waals surface area contributed by atoms with E-state index in [1.807, 2.05) is 27.2 Å². The number of rotatable bonds is 13. The molecule has 21 heavy (non-hydrogen) atoms. The van der Waals surface area contributed by atoms with Crippen molar-refractivity contribution in [1.82, 2.24) is 0 Å². The number of nitrogens with zero attached hydrogens (tertiary/aromatic N) is 1. The maximum absolute atomic E-state index is 10.8. The minimum Gasteiger partial charge on any atom is -0.492 e.